The Balaban J connectivity index is 1.45. The molecule has 6 nitrogen and oxygen atoms in total. The molecule has 2 aromatic carbocycles. The number of aromatic nitrogens is 2. The van der Waals surface area contributed by atoms with Crippen LogP contribution in [0.4, 0.5) is 0 Å². The lowest BCUT2D eigenvalue weighted by molar-refractivity contribution is -0.135. The molecule has 1 saturated heterocycles. The van der Waals surface area contributed by atoms with E-state index in [-0.39, 0.29) is 5.91 Å². The minimum atomic E-state index is 0.169. The predicted octanol–water partition coefficient (Wildman–Crippen LogP) is 4.62. The van der Waals surface area contributed by atoms with Gasteiger partial charge in [0, 0.05) is 18.3 Å². The normalized spacial score (nSPS) is 16.5. The molecule has 164 valence electrons. The monoisotopic (exact) mass is 439 g/mol. The van der Waals surface area contributed by atoms with E-state index >= 15 is 0 Å². The molecular formula is C24H29N3O3S. The molecule has 1 aliphatic heterocycles. The van der Waals surface area contributed by atoms with Crippen molar-refractivity contribution in [3.8, 4) is 11.5 Å². The van der Waals surface area contributed by atoms with E-state index in [9.17, 15) is 4.79 Å². The Hall–Kier alpha value is -2.67. The van der Waals surface area contributed by atoms with E-state index in [0.29, 0.717) is 19.2 Å². The summed E-state index contributed by atoms with van der Waals surface area (Å²) in [7, 11) is 1.64. The molecule has 2 heterocycles. The van der Waals surface area contributed by atoms with E-state index in [0.717, 1.165) is 52.8 Å². The molecule has 0 saturated carbocycles. The lowest BCUT2D eigenvalue weighted by atomic mass is 10.0. The smallest absolute Gasteiger partial charge is 0.242 e. The standard InChI is InChI=1S/C24H29N3O3S/c1-18-9-7-8-14-26(18)23(28)17-27-20-11-4-3-10-19(20)25-24(27)31-16-15-30-22-13-6-5-12-21(22)29-2/h3-6,10-13,18H,7-9,14-17H2,1-2H3/t18-/m0/s1. The summed E-state index contributed by atoms with van der Waals surface area (Å²) < 4.78 is 13.3. The summed E-state index contributed by atoms with van der Waals surface area (Å²) in [5.41, 5.74) is 1.91. The average Bonchev–Trinajstić information content (AvgIpc) is 3.14. The molecule has 0 N–H and O–H groups in total. The number of methoxy groups -OCH3 is 1. The largest absolute Gasteiger partial charge is 0.493 e. The number of carbonyl (C=O) groups is 1. The number of likely N-dealkylation sites (tertiary alicyclic amines) is 1. The van der Waals surface area contributed by atoms with Gasteiger partial charge < -0.3 is 18.9 Å². The molecule has 1 aromatic heterocycles. The highest BCUT2D eigenvalue weighted by molar-refractivity contribution is 7.99. The van der Waals surface area contributed by atoms with Crippen molar-refractivity contribution in [2.24, 2.45) is 0 Å². The first-order valence-corrected chi connectivity index (χ1v) is 11.8. The predicted molar refractivity (Wildman–Crippen MR) is 124 cm³/mol. The number of fused-ring (bicyclic) bond motifs is 1. The molecule has 4 rings (SSSR count). The van der Waals surface area contributed by atoms with Gasteiger partial charge in [-0.1, -0.05) is 36.0 Å². The average molecular weight is 440 g/mol. The summed E-state index contributed by atoms with van der Waals surface area (Å²) in [6, 6.07) is 15.9. The first kappa shape index (κ1) is 21.6. The number of piperidine rings is 1. The summed E-state index contributed by atoms with van der Waals surface area (Å²) in [4.78, 5) is 19.9. The van der Waals surface area contributed by atoms with Crippen molar-refractivity contribution in [2.45, 2.75) is 43.9 Å². The SMILES string of the molecule is COc1ccccc1OCCSc1nc2ccccc2n1CC(=O)N1CCCC[C@@H]1C. The highest BCUT2D eigenvalue weighted by Gasteiger charge is 2.24. The minimum absolute atomic E-state index is 0.169. The Kier molecular flexibility index (Phi) is 7.02. The van der Waals surface area contributed by atoms with Gasteiger partial charge >= 0.3 is 0 Å². The van der Waals surface area contributed by atoms with Crippen LogP contribution in [0.2, 0.25) is 0 Å². The molecule has 1 atom stereocenters. The molecule has 7 heteroatoms. The number of hydrogen-bond acceptors (Lipinski definition) is 5. The van der Waals surface area contributed by atoms with Crippen LogP contribution in [0.15, 0.2) is 53.7 Å². The molecule has 1 fully saturated rings. The van der Waals surface area contributed by atoms with E-state index in [2.05, 4.69) is 6.92 Å². The highest BCUT2D eigenvalue weighted by Crippen LogP contribution is 2.28. The van der Waals surface area contributed by atoms with Crippen molar-refractivity contribution < 1.29 is 14.3 Å². The minimum Gasteiger partial charge on any atom is -0.493 e. The zero-order valence-corrected chi connectivity index (χ0v) is 18.9. The Bertz CT molecular complexity index is 1040. The Morgan fingerprint density at radius 3 is 2.71 bits per heavy atom. The van der Waals surface area contributed by atoms with Crippen molar-refractivity contribution in [2.75, 3.05) is 26.0 Å². The topological polar surface area (TPSA) is 56.6 Å². The van der Waals surface area contributed by atoms with E-state index in [1.807, 2.05) is 58.0 Å². The molecule has 0 unspecified atom stereocenters. The molecule has 1 aliphatic rings. The summed E-state index contributed by atoms with van der Waals surface area (Å²) >= 11 is 1.61. The van der Waals surface area contributed by atoms with E-state index in [1.165, 1.54) is 6.42 Å². The third-order valence-electron chi connectivity index (χ3n) is 5.68. The van der Waals surface area contributed by atoms with Gasteiger partial charge in [0.25, 0.3) is 0 Å². The molecule has 3 aromatic rings. The maximum absolute atomic E-state index is 13.1. The number of amides is 1. The third-order valence-corrected chi connectivity index (χ3v) is 6.62. The molecular weight excluding hydrogens is 410 g/mol. The maximum atomic E-state index is 13.1. The van der Waals surface area contributed by atoms with Crippen LogP contribution in [0, 0.1) is 0 Å². The summed E-state index contributed by atoms with van der Waals surface area (Å²) in [6.45, 7) is 3.84. The quantitative estimate of drug-likeness (QED) is 0.379. The van der Waals surface area contributed by atoms with Gasteiger partial charge in [-0.05, 0) is 50.5 Å². The zero-order chi connectivity index (χ0) is 21.6. The summed E-state index contributed by atoms with van der Waals surface area (Å²) in [6.07, 6.45) is 3.37. The molecule has 0 aliphatic carbocycles. The second-order valence-corrected chi connectivity index (χ2v) is 8.81. The highest BCUT2D eigenvalue weighted by atomic mass is 32.2. The van der Waals surface area contributed by atoms with Crippen molar-refractivity contribution in [1.82, 2.24) is 14.5 Å². The number of carbonyl (C=O) groups excluding carboxylic acids is 1. The number of imidazole rings is 1. The Morgan fingerprint density at radius 2 is 1.90 bits per heavy atom. The Morgan fingerprint density at radius 1 is 1.13 bits per heavy atom. The van der Waals surface area contributed by atoms with Crippen molar-refractivity contribution in [1.29, 1.82) is 0 Å². The fourth-order valence-corrected chi connectivity index (χ4v) is 4.86. The number of hydrogen-bond donors (Lipinski definition) is 0. The van der Waals surface area contributed by atoms with Crippen LogP contribution in [-0.4, -0.2) is 52.4 Å². The number of rotatable bonds is 8. The first-order chi connectivity index (χ1) is 15.2. The van der Waals surface area contributed by atoms with Gasteiger partial charge in [0.05, 0.1) is 24.8 Å². The fraction of sp³-hybridized carbons (Fsp3) is 0.417. The van der Waals surface area contributed by atoms with Gasteiger partial charge in [-0.15, -0.1) is 0 Å². The van der Waals surface area contributed by atoms with E-state index in [4.69, 9.17) is 14.5 Å². The van der Waals surface area contributed by atoms with E-state index < -0.39 is 0 Å². The number of nitrogens with zero attached hydrogens (tertiary/aromatic N) is 3. The van der Waals surface area contributed by atoms with Gasteiger partial charge in [0.1, 0.15) is 6.54 Å². The van der Waals surface area contributed by atoms with Crippen LogP contribution < -0.4 is 9.47 Å². The number of benzene rings is 2. The van der Waals surface area contributed by atoms with Crippen LogP contribution in [0.5, 0.6) is 11.5 Å². The van der Waals surface area contributed by atoms with Crippen molar-refractivity contribution in [3.63, 3.8) is 0 Å². The second kappa shape index (κ2) is 10.1. The zero-order valence-electron chi connectivity index (χ0n) is 18.1. The molecule has 0 radical (unpaired) electrons. The van der Waals surface area contributed by atoms with Crippen molar-refractivity contribution >= 4 is 28.7 Å². The third kappa shape index (κ3) is 4.98. The van der Waals surface area contributed by atoms with Crippen LogP contribution in [0.25, 0.3) is 11.0 Å². The van der Waals surface area contributed by atoms with Gasteiger partial charge in [0.2, 0.25) is 5.91 Å². The van der Waals surface area contributed by atoms with Crippen LogP contribution in [0.1, 0.15) is 26.2 Å². The fourth-order valence-electron chi connectivity index (χ4n) is 4.03. The molecule has 31 heavy (non-hydrogen) atoms. The van der Waals surface area contributed by atoms with Gasteiger partial charge in [-0.25, -0.2) is 4.98 Å². The van der Waals surface area contributed by atoms with Gasteiger partial charge in [0.15, 0.2) is 16.7 Å². The van der Waals surface area contributed by atoms with Gasteiger partial charge in [-0.2, -0.15) is 0 Å². The second-order valence-electron chi connectivity index (χ2n) is 7.75. The Labute approximate surface area is 187 Å². The first-order valence-electron chi connectivity index (χ1n) is 10.8. The van der Waals surface area contributed by atoms with Crippen LogP contribution >= 0.6 is 11.8 Å². The van der Waals surface area contributed by atoms with E-state index in [1.54, 1.807) is 18.9 Å². The van der Waals surface area contributed by atoms with Crippen LogP contribution in [0.3, 0.4) is 0 Å². The van der Waals surface area contributed by atoms with Crippen LogP contribution in [-0.2, 0) is 11.3 Å². The maximum Gasteiger partial charge on any atom is 0.242 e. The van der Waals surface area contributed by atoms with Crippen molar-refractivity contribution in [3.05, 3.63) is 48.5 Å². The number of para-hydroxylation sites is 4. The molecule has 0 bridgehead atoms. The number of thioether (sulfide) groups is 1. The summed E-state index contributed by atoms with van der Waals surface area (Å²) in [5, 5.41) is 0.850. The lowest BCUT2D eigenvalue weighted by Crippen LogP contribution is -2.43. The molecule has 1 amide bonds. The lowest BCUT2D eigenvalue weighted by Gasteiger charge is -2.33. The number of ether oxygens (including phenoxy) is 2. The summed E-state index contributed by atoms with van der Waals surface area (Å²) in [5.74, 6) is 2.34. The van der Waals surface area contributed by atoms with Gasteiger partial charge in [-0.3, -0.25) is 4.79 Å². The molecule has 0 spiro atoms.